The summed E-state index contributed by atoms with van der Waals surface area (Å²) in [6, 6.07) is 5.15. The Kier molecular flexibility index (Phi) is 4.64. The first-order valence-electron chi connectivity index (χ1n) is 7.72. The molecular weight excluding hydrogens is 367 g/mol. The van der Waals surface area contributed by atoms with Gasteiger partial charge in [-0.3, -0.25) is 9.59 Å². The number of ether oxygens (including phenoxy) is 1. The van der Waals surface area contributed by atoms with E-state index in [9.17, 15) is 22.8 Å². The molecule has 0 aliphatic rings. The van der Waals surface area contributed by atoms with Gasteiger partial charge in [0.15, 0.2) is 0 Å². The number of aryl methyl sites for hydroxylation is 1. The molecule has 0 radical (unpaired) electrons. The standard InChI is InChI=1S/C17H14F3N3O4/c1-9-12(13-14(24)21-8-22-15(13)26-9)16(25)23(2)7-10-3-5-11(6-4-10)27-17(18,19)20/h3-6,8H,7H2,1-2H3,(H,21,22,24). The molecule has 2 heterocycles. The Bertz CT molecular complexity index is 1040. The maximum Gasteiger partial charge on any atom is 0.573 e. The largest absolute Gasteiger partial charge is 0.573 e. The van der Waals surface area contributed by atoms with Gasteiger partial charge < -0.3 is 19.0 Å². The van der Waals surface area contributed by atoms with Gasteiger partial charge in [-0.25, -0.2) is 4.98 Å². The van der Waals surface area contributed by atoms with Crippen molar-refractivity contribution in [2.24, 2.45) is 0 Å². The highest BCUT2D eigenvalue weighted by Crippen LogP contribution is 2.24. The molecule has 3 rings (SSSR count). The number of aromatic amines is 1. The van der Waals surface area contributed by atoms with Gasteiger partial charge in [0, 0.05) is 13.6 Å². The van der Waals surface area contributed by atoms with Crippen molar-refractivity contribution >= 4 is 17.0 Å². The molecule has 2 aromatic heterocycles. The maximum atomic E-state index is 12.8. The van der Waals surface area contributed by atoms with Gasteiger partial charge in [0.2, 0.25) is 5.71 Å². The van der Waals surface area contributed by atoms with Crippen LogP contribution in [0.4, 0.5) is 13.2 Å². The summed E-state index contributed by atoms with van der Waals surface area (Å²) in [5.41, 5.74) is 0.237. The number of H-pyrrole nitrogens is 1. The number of alkyl halides is 3. The summed E-state index contributed by atoms with van der Waals surface area (Å²) in [6.07, 6.45) is -3.59. The topological polar surface area (TPSA) is 88.4 Å². The Labute approximate surface area is 150 Å². The van der Waals surface area contributed by atoms with E-state index in [0.29, 0.717) is 5.56 Å². The molecule has 0 bridgehead atoms. The predicted molar refractivity (Wildman–Crippen MR) is 88.3 cm³/mol. The maximum absolute atomic E-state index is 12.8. The third kappa shape index (κ3) is 3.94. The number of nitrogens with zero attached hydrogens (tertiary/aromatic N) is 2. The second-order valence-electron chi connectivity index (χ2n) is 5.80. The molecule has 0 aliphatic carbocycles. The van der Waals surface area contributed by atoms with Gasteiger partial charge in [-0.1, -0.05) is 12.1 Å². The second kappa shape index (κ2) is 6.78. The minimum Gasteiger partial charge on any atom is -0.442 e. The number of benzene rings is 1. The van der Waals surface area contributed by atoms with E-state index >= 15 is 0 Å². The molecule has 0 fully saturated rings. The first kappa shape index (κ1) is 18.5. The van der Waals surface area contributed by atoms with Crippen LogP contribution in [0.25, 0.3) is 11.1 Å². The van der Waals surface area contributed by atoms with Crippen molar-refractivity contribution in [2.75, 3.05) is 7.05 Å². The predicted octanol–water partition coefficient (Wildman–Crippen LogP) is 3.00. The van der Waals surface area contributed by atoms with E-state index in [1.165, 1.54) is 30.4 Å². The van der Waals surface area contributed by atoms with Gasteiger partial charge in [0.25, 0.3) is 11.5 Å². The van der Waals surface area contributed by atoms with Gasteiger partial charge in [0.1, 0.15) is 16.9 Å². The van der Waals surface area contributed by atoms with Crippen LogP contribution in [0.2, 0.25) is 0 Å². The van der Waals surface area contributed by atoms with Crippen molar-refractivity contribution < 1.29 is 27.1 Å². The summed E-state index contributed by atoms with van der Waals surface area (Å²) in [5.74, 6) is -0.574. The lowest BCUT2D eigenvalue weighted by atomic mass is 10.1. The fourth-order valence-electron chi connectivity index (χ4n) is 2.64. The van der Waals surface area contributed by atoms with Gasteiger partial charge in [-0.2, -0.15) is 0 Å². The molecule has 7 nitrogen and oxygen atoms in total. The zero-order valence-electron chi connectivity index (χ0n) is 14.3. The number of aromatic nitrogens is 2. The average molecular weight is 381 g/mol. The quantitative estimate of drug-likeness (QED) is 0.751. The zero-order chi connectivity index (χ0) is 19.8. The molecule has 1 amide bonds. The third-order valence-corrected chi connectivity index (χ3v) is 3.81. The van der Waals surface area contributed by atoms with Crippen molar-refractivity contribution in [3.05, 3.63) is 57.8 Å². The smallest absolute Gasteiger partial charge is 0.442 e. The van der Waals surface area contributed by atoms with Crippen LogP contribution in [0, 0.1) is 6.92 Å². The van der Waals surface area contributed by atoms with Gasteiger partial charge >= 0.3 is 6.36 Å². The highest BCUT2D eigenvalue weighted by molar-refractivity contribution is 6.06. The number of furan rings is 1. The molecule has 3 aromatic rings. The summed E-state index contributed by atoms with van der Waals surface area (Å²) in [6.45, 7) is 1.65. The molecular formula is C17H14F3N3O4. The van der Waals surface area contributed by atoms with E-state index in [2.05, 4.69) is 14.7 Å². The Balaban J connectivity index is 1.81. The lowest BCUT2D eigenvalue weighted by Crippen LogP contribution is -2.27. The van der Waals surface area contributed by atoms with Crippen molar-refractivity contribution in [3.8, 4) is 5.75 Å². The van der Waals surface area contributed by atoms with Crippen molar-refractivity contribution in [1.82, 2.24) is 14.9 Å². The van der Waals surface area contributed by atoms with Crippen LogP contribution >= 0.6 is 0 Å². The summed E-state index contributed by atoms with van der Waals surface area (Å²) < 4.78 is 45.8. The third-order valence-electron chi connectivity index (χ3n) is 3.81. The van der Waals surface area contributed by atoms with E-state index in [1.807, 2.05) is 0 Å². The molecule has 0 unspecified atom stereocenters. The normalized spacial score (nSPS) is 11.6. The first-order chi connectivity index (χ1) is 12.7. The van der Waals surface area contributed by atoms with Gasteiger partial charge in [-0.15, -0.1) is 13.2 Å². The monoisotopic (exact) mass is 381 g/mol. The molecule has 0 aliphatic heterocycles. The minimum atomic E-state index is -4.77. The molecule has 1 N–H and O–H groups in total. The summed E-state index contributed by atoms with van der Waals surface area (Å²) >= 11 is 0. The lowest BCUT2D eigenvalue weighted by Gasteiger charge is -2.17. The van der Waals surface area contributed by atoms with Crippen LogP contribution in [0.1, 0.15) is 21.7 Å². The number of carbonyl (C=O) groups is 1. The SMILES string of the molecule is Cc1oc2nc[nH]c(=O)c2c1C(=O)N(C)Cc1ccc(OC(F)(F)F)cc1. The first-order valence-corrected chi connectivity index (χ1v) is 7.72. The molecule has 142 valence electrons. The number of fused-ring (bicyclic) bond motifs is 1. The van der Waals surface area contributed by atoms with Crippen LogP contribution in [-0.2, 0) is 6.54 Å². The number of nitrogens with one attached hydrogen (secondary N) is 1. The molecule has 0 saturated heterocycles. The minimum absolute atomic E-state index is 0.0563. The molecule has 27 heavy (non-hydrogen) atoms. The summed E-state index contributed by atoms with van der Waals surface area (Å²) in [7, 11) is 1.51. The fraction of sp³-hybridized carbons (Fsp3) is 0.235. The van der Waals surface area contributed by atoms with E-state index in [-0.39, 0.29) is 34.7 Å². The van der Waals surface area contributed by atoms with E-state index in [4.69, 9.17) is 4.42 Å². The number of rotatable bonds is 4. The Morgan fingerprint density at radius 3 is 2.59 bits per heavy atom. The Morgan fingerprint density at radius 1 is 1.30 bits per heavy atom. The van der Waals surface area contributed by atoms with Crippen molar-refractivity contribution in [3.63, 3.8) is 0 Å². The Hall–Kier alpha value is -3.30. The number of hydrogen-bond donors (Lipinski definition) is 1. The number of amides is 1. The van der Waals surface area contributed by atoms with E-state index < -0.39 is 17.8 Å². The summed E-state index contributed by atoms with van der Waals surface area (Å²) in [4.78, 5) is 32.4. The summed E-state index contributed by atoms with van der Waals surface area (Å²) in [5, 5.41) is 0.0563. The van der Waals surface area contributed by atoms with Gasteiger partial charge in [-0.05, 0) is 24.6 Å². The zero-order valence-corrected chi connectivity index (χ0v) is 14.3. The fourth-order valence-corrected chi connectivity index (χ4v) is 2.64. The van der Waals surface area contributed by atoms with Crippen LogP contribution in [0.3, 0.4) is 0 Å². The lowest BCUT2D eigenvalue weighted by molar-refractivity contribution is -0.274. The van der Waals surface area contributed by atoms with Crippen LogP contribution in [0.5, 0.6) is 5.75 Å². The highest BCUT2D eigenvalue weighted by Gasteiger charge is 2.31. The molecule has 0 spiro atoms. The van der Waals surface area contributed by atoms with Gasteiger partial charge in [0.05, 0.1) is 11.9 Å². The van der Waals surface area contributed by atoms with Crippen molar-refractivity contribution in [1.29, 1.82) is 0 Å². The van der Waals surface area contributed by atoms with Crippen LogP contribution < -0.4 is 10.3 Å². The second-order valence-corrected chi connectivity index (χ2v) is 5.80. The number of halogens is 3. The number of carbonyl (C=O) groups excluding carboxylic acids is 1. The number of hydrogen-bond acceptors (Lipinski definition) is 5. The van der Waals surface area contributed by atoms with E-state index in [0.717, 1.165) is 12.1 Å². The molecule has 0 saturated carbocycles. The average Bonchev–Trinajstić information content (AvgIpc) is 2.92. The van der Waals surface area contributed by atoms with E-state index in [1.54, 1.807) is 6.92 Å². The molecule has 10 heteroatoms. The van der Waals surface area contributed by atoms with Crippen molar-refractivity contribution in [2.45, 2.75) is 19.8 Å². The molecule has 1 aromatic carbocycles. The highest BCUT2D eigenvalue weighted by atomic mass is 19.4. The van der Waals surface area contributed by atoms with Crippen LogP contribution in [0.15, 0.2) is 39.8 Å². The van der Waals surface area contributed by atoms with Crippen LogP contribution in [-0.4, -0.2) is 34.2 Å². The molecule has 0 atom stereocenters. The Morgan fingerprint density at radius 2 is 1.96 bits per heavy atom.